The molecule has 1 unspecified atom stereocenters. The molecule has 2 saturated carbocycles. The molecule has 1 aromatic rings. The van der Waals surface area contributed by atoms with Crippen molar-refractivity contribution >= 4 is 17.2 Å². The number of rotatable bonds is 3. The number of nitrogens with zero attached hydrogens (tertiary/aromatic N) is 1. The van der Waals surface area contributed by atoms with Crippen molar-refractivity contribution in [2.24, 2.45) is 11.7 Å². The van der Waals surface area contributed by atoms with Gasteiger partial charge in [0, 0.05) is 23.4 Å². The maximum atomic E-state index is 12.7. The Kier molecular flexibility index (Phi) is 2.93. The lowest BCUT2D eigenvalue weighted by molar-refractivity contribution is -0.136. The van der Waals surface area contributed by atoms with Gasteiger partial charge in [0.05, 0.1) is 6.04 Å². The summed E-state index contributed by atoms with van der Waals surface area (Å²) in [6.45, 7) is 0.892. The normalized spacial score (nSPS) is 27.9. The van der Waals surface area contributed by atoms with E-state index in [2.05, 4.69) is 16.3 Å². The predicted octanol–water partition coefficient (Wildman–Crippen LogP) is 2.86. The molecule has 2 fully saturated rings. The van der Waals surface area contributed by atoms with Gasteiger partial charge >= 0.3 is 0 Å². The summed E-state index contributed by atoms with van der Waals surface area (Å²) in [5, 5.41) is 2.18. The van der Waals surface area contributed by atoms with Gasteiger partial charge in [0.25, 0.3) is 0 Å². The van der Waals surface area contributed by atoms with Crippen molar-refractivity contribution in [3.63, 3.8) is 0 Å². The Labute approximate surface area is 124 Å². The largest absolute Gasteiger partial charge is 0.335 e. The van der Waals surface area contributed by atoms with Crippen molar-refractivity contribution in [1.29, 1.82) is 0 Å². The summed E-state index contributed by atoms with van der Waals surface area (Å²) in [6.07, 6.45) is 7.35. The van der Waals surface area contributed by atoms with E-state index >= 15 is 0 Å². The first kappa shape index (κ1) is 12.8. The number of thiophene rings is 1. The third-order valence-electron chi connectivity index (χ3n) is 5.26. The Morgan fingerprint density at radius 1 is 1.45 bits per heavy atom. The van der Waals surface area contributed by atoms with Crippen molar-refractivity contribution in [3.05, 3.63) is 21.9 Å². The van der Waals surface area contributed by atoms with Gasteiger partial charge in [-0.1, -0.05) is 0 Å². The summed E-state index contributed by atoms with van der Waals surface area (Å²) in [4.78, 5) is 16.4. The monoisotopic (exact) mass is 290 g/mol. The van der Waals surface area contributed by atoms with Crippen LogP contribution in [0.4, 0.5) is 0 Å². The highest BCUT2D eigenvalue weighted by atomic mass is 32.1. The van der Waals surface area contributed by atoms with Crippen LogP contribution in [0.3, 0.4) is 0 Å². The number of amides is 1. The Bertz CT molecular complexity index is 530. The average molecular weight is 290 g/mol. The number of nitrogens with two attached hydrogens (primary N) is 1. The summed E-state index contributed by atoms with van der Waals surface area (Å²) < 4.78 is 0. The second-order valence-corrected chi connectivity index (χ2v) is 7.81. The first-order valence-corrected chi connectivity index (χ1v) is 8.69. The van der Waals surface area contributed by atoms with Gasteiger partial charge < -0.3 is 10.6 Å². The molecule has 2 aliphatic carbocycles. The molecular formula is C16H22N2OS. The van der Waals surface area contributed by atoms with Gasteiger partial charge in [-0.2, -0.15) is 0 Å². The van der Waals surface area contributed by atoms with Crippen LogP contribution in [-0.2, 0) is 11.2 Å². The maximum Gasteiger partial charge on any atom is 0.224 e. The van der Waals surface area contributed by atoms with E-state index in [1.54, 1.807) is 0 Å². The lowest BCUT2D eigenvalue weighted by Gasteiger charge is -2.42. The molecule has 0 aromatic carbocycles. The minimum absolute atomic E-state index is 0.194. The Morgan fingerprint density at radius 2 is 2.25 bits per heavy atom. The standard InChI is InChI=1S/C16H22N2OS/c17-16(6-1-7-16)10-14(19)18-8-4-13-12(5-9-20-13)15(18)11-2-3-11/h5,9,11,15H,1-4,6-8,10,17H2. The highest BCUT2D eigenvalue weighted by Gasteiger charge is 2.44. The first-order valence-electron chi connectivity index (χ1n) is 7.81. The predicted molar refractivity (Wildman–Crippen MR) is 80.6 cm³/mol. The van der Waals surface area contributed by atoms with Crippen LogP contribution < -0.4 is 5.73 Å². The van der Waals surface area contributed by atoms with Gasteiger partial charge in [-0.15, -0.1) is 11.3 Å². The number of hydrogen-bond acceptors (Lipinski definition) is 3. The summed E-state index contributed by atoms with van der Waals surface area (Å²) >= 11 is 1.85. The summed E-state index contributed by atoms with van der Waals surface area (Å²) in [7, 11) is 0. The van der Waals surface area contributed by atoms with Gasteiger partial charge in [-0.25, -0.2) is 0 Å². The summed E-state index contributed by atoms with van der Waals surface area (Å²) in [5.74, 6) is 0.990. The number of carbonyl (C=O) groups excluding carboxylic acids is 1. The van der Waals surface area contributed by atoms with E-state index in [0.29, 0.717) is 24.3 Å². The van der Waals surface area contributed by atoms with Crippen LogP contribution in [0.25, 0.3) is 0 Å². The van der Waals surface area contributed by atoms with E-state index < -0.39 is 0 Å². The Balaban J connectivity index is 1.56. The van der Waals surface area contributed by atoms with Crippen molar-refractivity contribution in [3.8, 4) is 0 Å². The molecule has 108 valence electrons. The van der Waals surface area contributed by atoms with Crippen LogP contribution in [-0.4, -0.2) is 22.9 Å². The fraction of sp³-hybridized carbons (Fsp3) is 0.688. The molecule has 1 aromatic heterocycles. The van der Waals surface area contributed by atoms with Crippen molar-refractivity contribution in [1.82, 2.24) is 4.90 Å². The zero-order valence-corrected chi connectivity index (χ0v) is 12.6. The van der Waals surface area contributed by atoms with E-state index in [1.807, 2.05) is 11.3 Å². The van der Waals surface area contributed by atoms with Crippen LogP contribution >= 0.6 is 11.3 Å². The van der Waals surface area contributed by atoms with Gasteiger partial charge in [0.1, 0.15) is 0 Å². The quantitative estimate of drug-likeness (QED) is 0.930. The molecule has 4 heteroatoms. The van der Waals surface area contributed by atoms with Gasteiger partial charge in [0.15, 0.2) is 0 Å². The van der Waals surface area contributed by atoms with Gasteiger partial charge in [-0.05, 0) is 61.5 Å². The first-order chi connectivity index (χ1) is 9.66. The van der Waals surface area contributed by atoms with E-state index in [4.69, 9.17) is 5.73 Å². The Hall–Kier alpha value is -0.870. The van der Waals surface area contributed by atoms with Crippen LogP contribution in [0, 0.1) is 5.92 Å². The third-order valence-corrected chi connectivity index (χ3v) is 6.25. The minimum atomic E-state index is -0.194. The van der Waals surface area contributed by atoms with Crippen molar-refractivity contribution < 1.29 is 4.79 Å². The van der Waals surface area contributed by atoms with E-state index in [0.717, 1.165) is 25.8 Å². The molecule has 2 heterocycles. The molecule has 0 spiro atoms. The summed E-state index contributed by atoms with van der Waals surface area (Å²) in [6, 6.07) is 2.59. The molecule has 1 amide bonds. The third kappa shape index (κ3) is 2.09. The topological polar surface area (TPSA) is 46.3 Å². The second kappa shape index (κ2) is 4.57. The van der Waals surface area contributed by atoms with Crippen LogP contribution in [0.5, 0.6) is 0 Å². The molecule has 3 nitrogen and oxygen atoms in total. The second-order valence-electron chi connectivity index (χ2n) is 6.81. The molecule has 0 saturated heterocycles. The van der Waals surface area contributed by atoms with E-state index in [-0.39, 0.29) is 5.54 Å². The van der Waals surface area contributed by atoms with Crippen LogP contribution in [0.15, 0.2) is 11.4 Å². The molecule has 4 rings (SSSR count). The van der Waals surface area contributed by atoms with E-state index in [9.17, 15) is 4.79 Å². The fourth-order valence-corrected chi connectivity index (χ4v) is 4.67. The number of hydrogen-bond donors (Lipinski definition) is 1. The maximum absolute atomic E-state index is 12.7. The zero-order valence-electron chi connectivity index (χ0n) is 11.8. The molecule has 1 atom stereocenters. The molecule has 0 bridgehead atoms. The van der Waals surface area contributed by atoms with Crippen molar-refractivity contribution in [2.75, 3.05) is 6.54 Å². The highest BCUT2D eigenvalue weighted by molar-refractivity contribution is 7.10. The van der Waals surface area contributed by atoms with Crippen LogP contribution in [0.2, 0.25) is 0 Å². The van der Waals surface area contributed by atoms with Crippen molar-refractivity contribution in [2.45, 2.75) is 56.5 Å². The van der Waals surface area contributed by atoms with Crippen LogP contribution in [0.1, 0.15) is 55.0 Å². The fourth-order valence-electron chi connectivity index (χ4n) is 3.76. The molecule has 2 N–H and O–H groups in total. The molecule has 20 heavy (non-hydrogen) atoms. The number of fused-ring (bicyclic) bond motifs is 1. The molecule has 1 aliphatic heterocycles. The molecular weight excluding hydrogens is 268 g/mol. The zero-order chi connectivity index (χ0) is 13.7. The SMILES string of the molecule is NC1(CC(=O)N2CCc3sccc3C2C2CC2)CCC1. The lowest BCUT2D eigenvalue weighted by atomic mass is 9.75. The lowest BCUT2D eigenvalue weighted by Crippen LogP contribution is -2.52. The minimum Gasteiger partial charge on any atom is -0.335 e. The molecule has 3 aliphatic rings. The van der Waals surface area contributed by atoms with Gasteiger partial charge in [-0.3, -0.25) is 4.79 Å². The molecule has 0 radical (unpaired) electrons. The van der Waals surface area contributed by atoms with E-state index in [1.165, 1.54) is 29.7 Å². The summed E-state index contributed by atoms with van der Waals surface area (Å²) in [5.41, 5.74) is 7.51. The number of carbonyl (C=O) groups is 1. The average Bonchev–Trinajstić information content (AvgIpc) is 3.12. The Morgan fingerprint density at radius 3 is 2.90 bits per heavy atom. The highest BCUT2D eigenvalue weighted by Crippen LogP contribution is 2.49. The smallest absolute Gasteiger partial charge is 0.224 e. The van der Waals surface area contributed by atoms with Gasteiger partial charge in [0.2, 0.25) is 5.91 Å².